The minimum absolute atomic E-state index is 0.0655. The van der Waals surface area contributed by atoms with Gasteiger partial charge in [-0.3, -0.25) is 14.4 Å². The number of H-pyrrole nitrogens is 1. The Morgan fingerprint density at radius 1 is 1.02 bits per heavy atom. The molecule has 228 valence electrons. The zero-order chi connectivity index (χ0) is 30.3. The summed E-state index contributed by atoms with van der Waals surface area (Å²) in [4.78, 5) is 51.3. The maximum Gasteiger partial charge on any atom is 0.275 e. The molecule has 4 aliphatic rings. The van der Waals surface area contributed by atoms with E-state index in [-0.39, 0.29) is 35.8 Å². The number of likely N-dealkylation sites (tertiary alicyclic amines) is 1. The predicted octanol–water partition coefficient (Wildman–Crippen LogP) is 3.90. The zero-order valence-corrected chi connectivity index (χ0v) is 24.6. The zero-order valence-electron chi connectivity index (χ0n) is 24.6. The van der Waals surface area contributed by atoms with Gasteiger partial charge in [-0.05, 0) is 37.1 Å². The van der Waals surface area contributed by atoms with Crippen molar-refractivity contribution in [1.29, 1.82) is 0 Å². The summed E-state index contributed by atoms with van der Waals surface area (Å²) in [6, 6.07) is 13.4. The Bertz CT molecular complexity index is 1730. The highest BCUT2D eigenvalue weighted by molar-refractivity contribution is 6.06. The summed E-state index contributed by atoms with van der Waals surface area (Å²) in [6.45, 7) is 4.58. The number of rotatable bonds is 2. The van der Waals surface area contributed by atoms with Gasteiger partial charge in [-0.15, -0.1) is 0 Å². The van der Waals surface area contributed by atoms with Crippen molar-refractivity contribution in [3.05, 3.63) is 77.6 Å². The van der Waals surface area contributed by atoms with Crippen molar-refractivity contribution in [1.82, 2.24) is 25.1 Å². The van der Waals surface area contributed by atoms with Crippen molar-refractivity contribution in [3.8, 4) is 11.5 Å². The Labute approximate surface area is 254 Å². The van der Waals surface area contributed by atoms with Crippen molar-refractivity contribution >= 4 is 28.6 Å². The van der Waals surface area contributed by atoms with E-state index in [2.05, 4.69) is 15.3 Å². The van der Waals surface area contributed by atoms with Crippen molar-refractivity contribution in [3.63, 3.8) is 0 Å². The van der Waals surface area contributed by atoms with Crippen LogP contribution in [0.5, 0.6) is 11.5 Å². The predicted molar refractivity (Wildman–Crippen MR) is 161 cm³/mol. The molecule has 1 spiro atoms. The van der Waals surface area contributed by atoms with Crippen molar-refractivity contribution in [2.75, 3.05) is 45.9 Å². The first-order valence-electron chi connectivity index (χ1n) is 15.1. The summed E-state index contributed by atoms with van der Waals surface area (Å²) in [7, 11) is 0. The molecule has 6 heterocycles. The third-order valence-corrected chi connectivity index (χ3v) is 9.07. The molecule has 44 heavy (non-hydrogen) atoms. The van der Waals surface area contributed by atoms with Crippen LogP contribution in [0, 0.1) is 12.3 Å². The molecule has 0 radical (unpaired) electrons. The lowest BCUT2D eigenvalue weighted by molar-refractivity contribution is -0.122. The lowest BCUT2D eigenvalue weighted by atomic mass is 9.73. The molecule has 2 aromatic carbocycles. The van der Waals surface area contributed by atoms with Gasteiger partial charge in [-0.2, -0.15) is 0 Å². The lowest BCUT2D eigenvalue weighted by Crippen LogP contribution is -2.48. The van der Waals surface area contributed by atoms with Crippen LogP contribution in [-0.2, 0) is 4.79 Å². The van der Waals surface area contributed by atoms with Gasteiger partial charge in [-0.25, -0.2) is 4.98 Å². The van der Waals surface area contributed by atoms with Gasteiger partial charge >= 0.3 is 0 Å². The molecule has 4 bridgehead atoms. The number of hydrogen-bond acceptors (Lipinski definition) is 7. The first kappa shape index (κ1) is 28.0. The van der Waals surface area contributed by atoms with Gasteiger partial charge in [0.1, 0.15) is 6.26 Å². The number of nitrogens with one attached hydrogen (secondary N) is 2. The van der Waals surface area contributed by atoms with E-state index in [1.165, 1.54) is 6.26 Å². The smallest absolute Gasteiger partial charge is 0.275 e. The third kappa shape index (κ3) is 5.06. The molecule has 1 fully saturated rings. The number of carbonyl (C=O) groups is 3. The Morgan fingerprint density at radius 3 is 2.75 bits per heavy atom. The topological polar surface area (TPSA) is 130 Å². The van der Waals surface area contributed by atoms with Crippen LogP contribution in [0.3, 0.4) is 0 Å². The fourth-order valence-electron chi connectivity index (χ4n) is 6.83. The third-order valence-electron chi connectivity index (χ3n) is 9.07. The second-order valence-corrected chi connectivity index (χ2v) is 11.9. The molecule has 11 nitrogen and oxygen atoms in total. The number of benzene rings is 2. The highest BCUT2D eigenvalue weighted by Crippen LogP contribution is 2.52. The maximum atomic E-state index is 13.7. The lowest BCUT2D eigenvalue weighted by Gasteiger charge is -2.39. The molecule has 2 atom stereocenters. The second-order valence-electron chi connectivity index (χ2n) is 11.9. The number of ether oxygens (including phenoxy) is 2. The number of amides is 3. The van der Waals surface area contributed by atoms with E-state index in [9.17, 15) is 14.4 Å². The van der Waals surface area contributed by atoms with Crippen LogP contribution in [0.4, 0.5) is 0 Å². The van der Waals surface area contributed by atoms with E-state index in [4.69, 9.17) is 13.9 Å². The normalized spacial score (nSPS) is 22.3. The number of para-hydroxylation sites is 1. The highest BCUT2D eigenvalue weighted by Gasteiger charge is 2.53. The molecule has 1 saturated heterocycles. The van der Waals surface area contributed by atoms with Gasteiger partial charge in [0, 0.05) is 85.6 Å². The Kier molecular flexibility index (Phi) is 7.23. The van der Waals surface area contributed by atoms with Gasteiger partial charge < -0.3 is 34.0 Å². The molecule has 4 aliphatic heterocycles. The SMILES string of the molecule is Cc1nc(C(=O)N2C[C@H]3c4cccc5c4OC[C@@]3(CNC(=O)CCCN(C(=O)c3cccc4[nH]ccc34)CCCO5)C2)co1. The second kappa shape index (κ2) is 11.4. The molecule has 2 N–H and O–H groups in total. The van der Waals surface area contributed by atoms with Gasteiger partial charge in [0.2, 0.25) is 5.91 Å². The van der Waals surface area contributed by atoms with Crippen molar-refractivity contribution in [2.24, 2.45) is 5.41 Å². The maximum absolute atomic E-state index is 13.7. The number of carbonyl (C=O) groups excluding carboxylic acids is 3. The van der Waals surface area contributed by atoms with Gasteiger partial charge in [0.05, 0.1) is 13.2 Å². The van der Waals surface area contributed by atoms with Crippen LogP contribution in [0.15, 0.2) is 59.3 Å². The van der Waals surface area contributed by atoms with Gasteiger partial charge in [0.25, 0.3) is 11.8 Å². The van der Waals surface area contributed by atoms with E-state index in [0.717, 1.165) is 16.5 Å². The molecule has 0 saturated carbocycles. The first-order chi connectivity index (χ1) is 21.4. The number of oxazole rings is 1. The summed E-state index contributed by atoms with van der Waals surface area (Å²) >= 11 is 0. The average Bonchev–Trinajstić information content (AvgIpc) is 3.78. The standard InChI is InChI=1S/C33H35N5O6/c1-21-36-27(17-43-21)32(41)38-16-25-24-7-3-9-28-30(24)44-20-33(25,19-38)18-35-29(39)10-4-13-37(14-5-15-42-28)31(40)23-6-2-8-26-22(23)11-12-34-26/h2-3,6-9,11-12,17,25,34H,4-5,10,13-16,18-20H2,1H3,(H,35,39)/t25-,33+/m0/s1. The molecular weight excluding hydrogens is 562 g/mol. The summed E-state index contributed by atoms with van der Waals surface area (Å²) in [5, 5.41) is 4.01. The fourth-order valence-corrected chi connectivity index (χ4v) is 6.83. The number of hydrogen-bond donors (Lipinski definition) is 2. The molecular formula is C33H35N5O6. The van der Waals surface area contributed by atoms with Crippen LogP contribution in [0.1, 0.15) is 57.5 Å². The molecule has 8 rings (SSSR count). The Balaban J connectivity index is 1.14. The molecule has 2 aromatic heterocycles. The van der Waals surface area contributed by atoms with Crippen LogP contribution in [-0.4, -0.2) is 83.4 Å². The molecule has 4 aromatic rings. The monoisotopic (exact) mass is 597 g/mol. The number of nitrogens with zero attached hydrogens (tertiary/aromatic N) is 3. The first-order valence-corrected chi connectivity index (χ1v) is 15.1. The Morgan fingerprint density at radius 2 is 1.89 bits per heavy atom. The number of aromatic amines is 1. The summed E-state index contributed by atoms with van der Waals surface area (Å²) in [6.07, 6.45) is 4.62. The summed E-state index contributed by atoms with van der Waals surface area (Å²) < 4.78 is 17.9. The van der Waals surface area contributed by atoms with E-state index >= 15 is 0 Å². The fraction of sp³-hybridized carbons (Fsp3) is 0.394. The van der Waals surface area contributed by atoms with E-state index in [0.29, 0.717) is 81.7 Å². The quantitative estimate of drug-likeness (QED) is 0.359. The molecule has 0 aliphatic carbocycles. The van der Waals surface area contributed by atoms with Crippen LogP contribution >= 0.6 is 0 Å². The summed E-state index contributed by atoms with van der Waals surface area (Å²) in [5.41, 5.74) is 2.24. The number of aryl methyl sites for hydroxylation is 1. The molecule has 11 heteroatoms. The highest BCUT2D eigenvalue weighted by atomic mass is 16.5. The van der Waals surface area contributed by atoms with E-state index in [1.807, 2.05) is 53.6 Å². The van der Waals surface area contributed by atoms with Crippen LogP contribution < -0.4 is 14.8 Å². The molecule has 0 unspecified atom stereocenters. The minimum Gasteiger partial charge on any atom is -0.490 e. The van der Waals surface area contributed by atoms with Crippen LogP contribution in [0.2, 0.25) is 0 Å². The number of aromatic nitrogens is 2. The average molecular weight is 598 g/mol. The van der Waals surface area contributed by atoms with Gasteiger partial charge in [0.15, 0.2) is 23.1 Å². The number of fused-ring (bicyclic) bond motifs is 12. The van der Waals surface area contributed by atoms with Gasteiger partial charge in [-0.1, -0.05) is 18.2 Å². The van der Waals surface area contributed by atoms with E-state index in [1.54, 1.807) is 11.8 Å². The van der Waals surface area contributed by atoms with Crippen molar-refractivity contribution in [2.45, 2.75) is 32.1 Å². The largest absolute Gasteiger partial charge is 0.490 e. The summed E-state index contributed by atoms with van der Waals surface area (Å²) in [5.74, 6) is 1.31. The van der Waals surface area contributed by atoms with E-state index < -0.39 is 5.41 Å². The van der Waals surface area contributed by atoms with Crippen LogP contribution in [0.25, 0.3) is 10.9 Å². The Hall–Kier alpha value is -4.80. The minimum atomic E-state index is -0.524. The van der Waals surface area contributed by atoms with Crippen molar-refractivity contribution < 1.29 is 28.3 Å². The molecule has 3 amide bonds.